The standard InChI is InChI=1S/C15H22O4/c1-8-5-4-6-10-7-15(18)11(9(2)13(17)19-15)12(16)14(8,10)3/h8,10,12,16,18H,4-7H2,1-3H3/t8-,10-,12+,14-,15-/m0/s1. The van der Waals surface area contributed by atoms with E-state index in [0.29, 0.717) is 23.5 Å². The number of hydrogen-bond donors (Lipinski definition) is 2. The number of aliphatic hydroxyl groups excluding tert-OH is 1. The van der Waals surface area contributed by atoms with Crippen molar-refractivity contribution in [3.05, 3.63) is 11.1 Å². The summed E-state index contributed by atoms with van der Waals surface area (Å²) in [7, 11) is 0. The third-order valence-electron chi connectivity index (χ3n) is 5.91. The maximum atomic E-state index is 11.7. The van der Waals surface area contributed by atoms with Gasteiger partial charge in [-0.15, -0.1) is 0 Å². The lowest BCUT2D eigenvalue weighted by Gasteiger charge is -2.55. The Kier molecular flexibility index (Phi) is 2.64. The monoisotopic (exact) mass is 266 g/mol. The van der Waals surface area contributed by atoms with Gasteiger partial charge in [-0.2, -0.15) is 0 Å². The van der Waals surface area contributed by atoms with Gasteiger partial charge in [-0.25, -0.2) is 4.79 Å². The first-order chi connectivity index (χ1) is 8.80. The number of carbonyl (C=O) groups is 1. The van der Waals surface area contributed by atoms with Crippen LogP contribution in [0.15, 0.2) is 11.1 Å². The van der Waals surface area contributed by atoms with Crippen LogP contribution in [-0.2, 0) is 9.53 Å². The Balaban J connectivity index is 2.10. The fourth-order valence-electron chi connectivity index (χ4n) is 4.41. The molecule has 3 rings (SSSR count). The molecule has 106 valence electrons. The molecule has 0 saturated heterocycles. The second kappa shape index (κ2) is 3.83. The van der Waals surface area contributed by atoms with Crippen molar-refractivity contribution in [2.75, 3.05) is 0 Å². The minimum absolute atomic E-state index is 0.193. The maximum Gasteiger partial charge on any atom is 0.336 e. The predicted octanol–water partition coefficient (Wildman–Crippen LogP) is 1.76. The van der Waals surface area contributed by atoms with Gasteiger partial charge in [-0.1, -0.05) is 26.7 Å². The van der Waals surface area contributed by atoms with E-state index >= 15 is 0 Å². The molecule has 2 saturated carbocycles. The van der Waals surface area contributed by atoms with E-state index in [9.17, 15) is 15.0 Å². The first kappa shape index (κ1) is 13.1. The largest absolute Gasteiger partial charge is 0.426 e. The molecular weight excluding hydrogens is 244 g/mol. The highest BCUT2D eigenvalue weighted by Crippen LogP contribution is 2.59. The zero-order valence-corrected chi connectivity index (χ0v) is 11.8. The number of hydrogen-bond acceptors (Lipinski definition) is 4. The van der Waals surface area contributed by atoms with Crippen LogP contribution in [0.4, 0.5) is 0 Å². The molecule has 19 heavy (non-hydrogen) atoms. The fraction of sp³-hybridized carbons (Fsp3) is 0.800. The van der Waals surface area contributed by atoms with E-state index in [4.69, 9.17) is 4.74 Å². The van der Waals surface area contributed by atoms with E-state index in [1.54, 1.807) is 6.92 Å². The molecule has 5 atom stereocenters. The summed E-state index contributed by atoms with van der Waals surface area (Å²) in [6.07, 6.45) is 2.80. The molecule has 0 unspecified atom stereocenters. The topological polar surface area (TPSA) is 66.8 Å². The number of carbonyl (C=O) groups excluding carboxylic acids is 1. The average Bonchev–Trinajstić information content (AvgIpc) is 2.55. The number of esters is 1. The predicted molar refractivity (Wildman–Crippen MR) is 69.0 cm³/mol. The van der Waals surface area contributed by atoms with Gasteiger partial charge in [0, 0.05) is 23.0 Å². The van der Waals surface area contributed by atoms with Crippen molar-refractivity contribution in [3.63, 3.8) is 0 Å². The van der Waals surface area contributed by atoms with Gasteiger partial charge < -0.3 is 14.9 Å². The van der Waals surface area contributed by atoms with Crippen molar-refractivity contribution in [2.24, 2.45) is 17.3 Å². The van der Waals surface area contributed by atoms with Crippen LogP contribution in [0.3, 0.4) is 0 Å². The van der Waals surface area contributed by atoms with Crippen LogP contribution in [0.25, 0.3) is 0 Å². The molecule has 4 nitrogen and oxygen atoms in total. The minimum Gasteiger partial charge on any atom is -0.426 e. The SMILES string of the molecule is CC1=C2[C@@H](O)[C@]3(C)[C@@H](CCC[C@@H]3C)C[C@]2(O)OC1=O. The zero-order valence-electron chi connectivity index (χ0n) is 11.8. The number of rotatable bonds is 0. The lowest BCUT2D eigenvalue weighted by Crippen LogP contribution is -2.58. The highest BCUT2D eigenvalue weighted by molar-refractivity contribution is 5.92. The highest BCUT2D eigenvalue weighted by atomic mass is 16.7. The van der Waals surface area contributed by atoms with Gasteiger partial charge in [-0.05, 0) is 25.2 Å². The molecule has 2 fully saturated rings. The van der Waals surface area contributed by atoms with Crippen molar-refractivity contribution < 1.29 is 19.7 Å². The summed E-state index contributed by atoms with van der Waals surface area (Å²) in [5.74, 6) is -1.49. The average molecular weight is 266 g/mol. The molecule has 1 heterocycles. The van der Waals surface area contributed by atoms with E-state index in [1.807, 2.05) is 0 Å². The van der Waals surface area contributed by atoms with Crippen LogP contribution in [0.5, 0.6) is 0 Å². The summed E-state index contributed by atoms with van der Waals surface area (Å²) in [6.45, 7) is 5.89. The number of aliphatic hydroxyl groups is 2. The lowest BCUT2D eigenvalue weighted by molar-refractivity contribution is -0.221. The molecule has 2 aliphatic carbocycles. The normalized spacial score (nSPS) is 49.7. The van der Waals surface area contributed by atoms with Gasteiger partial charge in [0.15, 0.2) is 0 Å². The highest BCUT2D eigenvalue weighted by Gasteiger charge is 2.62. The molecule has 0 amide bonds. The maximum absolute atomic E-state index is 11.7. The van der Waals surface area contributed by atoms with Gasteiger partial charge in [0.05, 0.1) is 6.10 Å². The molecule has 2 N–H and O–H groups in total. The Morgan fingerprint density at radius 3 is 2.74 bits per heavy atom. The van der Waals surface area contributed by atoms with Crippen molar-refractivity contribution in [2.45, 2.75) is 58.3 Å². The third kappa shape index (κ3) is 1.50. The molecular formula is C15H22O4. The van der Waals surface area contributed by atoms with E-state index in [-0.39, 0.29) is 11.3 Å². The summed E-state index contributed by atoms with van der Waals surface area (Å²) >= 11 is 0. The van der Waals surface area contributed by atoms with E-state index in [1.165, 1.54) is 0 Å². The van der Waals surface area contributed by atoms with Gasteiger partial charge in [-0.3, -0.25) is 0 Å². The van der Waals surface area contributed by atoms with Crippen LogP contribution >= 0.6 is 0 Å². The van der Waals surface area contributed by atoms with Crippen LogP contribution in [0.1, 0.15) is 46.5 Å². The first-order valence-electron chi connectivity index (χ1n) is 7.15. The summed E-state index contributed by atoms with van der Waals surface area (Å²) in [4.78, 5) is 11.7. The van der Waals surface area contributed by atoms with Crippen LogP contribution in [0.2, 0.25) is 0 Å². The quantitative estimate of drug-likeness (QED) is 0.656. The Labute approximate surface area is 113 Å². The van der Waals surface area contributed by atoms with Crippen molar-refractivity contribution >= 4 is 5.97 Å². The zero-order chi connectivity index (χ0) is 14.0. The molecule has 0 spiro atoms. The van der Waals surface area contributed by atoms with Crippen molar-refractivity contribution in [1.29, 1.82) is 0 Å². The second-order valence-electron chi connectivity index (χ2n) is 6.71. The summed E-state index contributed by atoms with van der Waals surface area (Å²) in [5.41, 5.74) is 0.521. The van der Waals surface area contributed by atoms with Crippen LogP contribution < -0.4 is 0 Å². The molecule has 0 aromatic rings. The smallest absolute Gasteiger partial charge is 0.336 e. The summed E-state index contributed by atoms with van der Waals surface area (Å²) in [6, 6.07) is 0. The molecule has 0 aromatic carbocycles. The Morgan fingerprint density at radius 1 is 1.37 bits per heavy atom. The van der Waals surface area contributed by atoms with Gasteiger partial charge in [0.2, 0.25) is 5.79 Å². The van der Waals surface area contributed by atoms with Crippen molar-refractivity contribution in [3.8, 4) is 0 Å². The number of fused-ring (bicyclic) bond motifs is 2. The fourth-order valence-corrected chi connectivity index (χ4v) is 4.41. The van der Waals surface area contributed by atoms with E-state index in [0.717, 1.165) is 19.3 Å². The molecule has 0 aromatic heterocycles. The molecule has 4 heteroatoms. The van der Waals surface area contributed by atoms with Gasteiger partial charge >= 0.3 is 5.97 Å². The van der Waals surface area contributed by atoms with E-state index in [2.05, 4.69) is 13.8 Å². The van der Waals surface area contributed by atoms with Crippen LogP contribution in [-0.4, -0.2) is 28.1 Å². The minimum atomic E-state index is -1.57. The van der Waals surface area contributed by atoms with Crippen molar-refractivity contribution in [1.82, 2.24) is 0 Å². The molecule has 3 aliphatic rings. The summed E-state index contributed by atoms with van der Waals surface area (Å²) < 4.78 is 5.15. The van der Waals surface area contributed by atoms with Gasteiger partial charge in [0.1, 0.15) is 0 Å². The molecule has 0 radical (unpaired) electrons. The molecule has 1 aliphatic heterocycles. The Morgan fingerprint density at radius 2 is 2.05 bits per heavy atom. The second-order valence-corrected chi connectivity index (χ2v) is 6.71. The first-order valence-corrected chi connectivity index (χ1v) is 7.15. The Bertz CT molecular complexity index is 469. The summed E-state index contributed by atoms with van der Waals surface area (Å²) in [5, 5.41) is 21.4. The van der Waals surface area contributed by atoms with Gasteiger partial charge in [0.25, 0.3) is 0 Å². The lowest BCUT2D eigenvalue weighted by atomic mass is 9.52. The third-order valence-corrected chi connectivity index (χ3v) is 5.91. The Hall–Kier alpha value is -0.870. The van der Waals surface area contributed by atoms with E-state index < -0.39 is 17.9 Å². The number of ether oxygens (including phenoxy) is 1. The van der Waals surface area contributed by atoms with Crippen LogP contribution in [0, 0.1) is 17.3 Å². The molecule has 0 bridgehead atoms.